The Morgan fingerprint density at radius 3 is 2.48 bits per heavy atom. The molecule has 0 radical (unpaired) electrons. The number of benzene rings is 3. The molecule has 0 fully saturated rings. The van der Waals surface area contributed by atoms with Crippen molar-refractivity contribution in [2.75, 3.05) is 5.32 Å². The van der Waals surface area contributed by atoms with Crippen LogP contribution in [0.25, 0.3) is 11.0 Å². The van der Waals surface area contributed by atoms with Crippen LogP contribution in [0.2, 0.25) is 0 Å². The summed E-state index contributed by atoms with van der Waals surface area (Å²) in [6.45, 7) is 0. The van der Waals surface area contributed by atoms with Crippen LogP contribution < -0.4 is 5.32 Å². The Morgan fingerprint density at radius 1 is 1.00 bits per heavy atom. The number of nitrogens with one attached hydrogen (secondary N) is 1. The number of anilines is 1. The van der Waals surface area contributed by atoms with Crippen molar-refractivity contribution in [2.45, 2.75) is 12.8 Å². The average molecular weight is 380 g/mol. The number of hydrogen-bond acceptors (Lipinski definition) is 3. The Balaban J connectivity index is 1.51. The van der Waals surface area contributed by atoms with E-state index in [0.717, 1.165) is 41.0 Å². The van der Waals surface area contributed by atoms with Crippen molar-refractivity contribution >= 4 is 22.6 Å². The SMILES string of the molecule is Cn1c(CCc2ccccc2NC(=O)c2ccc(C#N)cc2)nc2ccccc21. The highest BCUT2D eigenvalue weighted by Crippen LogP contribution is 2.20. The van der Waals surface area contributed by atoms with Crippen LogP contribution in [0.5, 0.6) is 0 Å². The Morgan fingerprint density at radius 2 is 1.72 bits per heavy atom. The van der Waals surface area contributed by atoms with Gasteiger partial charge in [-0.3, -0.25) is 4.79 Å². The zero-order valence-corrected chi connectivity index (χ0v) is 16.1. The van der Waals surface area contributed by atoms with Gasteiger partial charge in [-0.1, -0.05) is 30.3 Å². The van der Waals surface area contributed by atoms with Gasteiger partial charge in [-0.2, -0.15) is 5.26 Å². The third kappa shape index (κ3) is 3.87. The molecule has 0 unspecified atom stereocenters. The fourth-order valence-corrected chi connectivity index (χ4v) is 3.42. The second kappa shape index (κ2) is 7.99. The lowest BCUT2D eigenvalue weighted by atomic mass is 10.1. The molecule has 0 aliphatic rings. The van der Waals surface area contributed by atoms with Gasteiger partial charge >= 0.3 is 0 Å². The van der Waals surface area contributed by atoms with Gasteiger partial charge in [0, 0.05) is 24.7 Å². The highest BCUT2D eigenvalue weighted by atomic mass is 16.1. The molecule has 4 aromatic rings. The number of aromatic nitrogens is 2. The Kier molecular flexibility index (Phi) is 5.08. The molecule has 1 N–H and O–H groups in total. The lowest BCUT2D eigenvalue weighted by Crippen LogP contribution is -2.13. The Labute approximate surface area is 169 Å². The molecule has 142 valence electrons. The molecule has 4 rings (SSSR count). The first-order valence-electron chi connectivity index (χ1n) is 9.45. The van der Waals surface area contributed by atoms with E-state index in [2.05, 4.69) is 22.0 Å². The fraction of sp³-hybridized carbons (Fsp3) is 0.125. The first kappa shape index (κ1) is 18.5. The van der Waals surface area contributed by atoms with Crippen molar-refractivity contribution in [3.05, 3.63) is 95.3 Å². The molecule has 1 amide bonds. The van der Waals surface area contributed by atoms with Crippen LogP contribution in [0.3, 0.4) is 0 Å². The molecular weight excluding hydrogens is 360 g/mol. The van der Waals surface area contributed by atoms with Gasteiger partial charge in [-0.25, -0.2) is 4.98 Å². The summed E-state index contributed by atoms with van der Waals surface area (Å²) in [5.74, 6) is 0.823. The van der Waals surface area contributed by atoms with E-state index in [4.69, 9.17) is 10.2 Å². The molecular formula is C24H20N4O. The highest BCUT2D eigenvalue weighted by molar-refractivity contribution is 6.04. The summed E-state index contributed by atoms with van der Waals surface area (Å²) in [5, 5.41) is 11.9. The number of aryl methyl sites for hydroxylation is 3. The van der Waals surface area contributed by atoms with Crippen LogP contribution in [0.4, 0.5) is 5.69 Å². The van der Waals surface area contributed by atoms with Gasteiger partial charge in [0.25, 0.3) is 5.91 Å². The molecule has 3 aromatic carbocycles. The largest absolute Gasteiger partial charge is 0.331 e. The average Bonchev–Trinajstić information content (AvgIpc) is 3.09. The summed E-state index contributed by atoms with van der Waals surface area (Å²) >= 11 is 0. The number of rotatable bonds is 5. The lowest BCUT2D eigenvalue weighted by Gasteiger charge is -2.11. The summed E-state index contributed by atoms with van der Waals surface area (Å²) < 4.78 is 2.12. The van der Waals surface area contributed by atoms with E-state index in [9.17, 15) is 4.79 Å². The minimum atomic E-state index is -0.190. The molecule has 0 saturated heterocycles. The molecule has 0 atom stereocenters. The summed E-state index contributed by atoms with van der Waals surface area (Å²) in [6.07, 6.45) is 1.54. The smallest absolute Gasteiger partial charge is 0.255 e. The van der Waals surface area contributed by atoms with Crippen molar-refractivity contribution in [3.63, 3.8) is 0 Å². The number of nitrogens with zero attached hydrogens (tertiary/aromatic N) is 3. The van der Waals surface area contributed by atoms with Gasteiger partial charge in [0.15, 0.2) is 0 Å². The van der Waals surface area contributed by atoms with Crippen molar-refractivity contribution in [2.24, 2.45) is 7.05 Å². The monoisotopic (exact) mass is 380 g/mol. The van der Waals surface area contributed by atoms with E-state index in [1.807, 2.05) is 49.5 Å². The summed E-state index contributed by atoms with van der Waals surface area (Å²) in [4.78, 5) is 17.3. The van der Waals surface area contributed by atoms with Gasteiger partial charge in [-0.15, -0.1) is 0 Å². The third-order valence-corrected chi connectivity index (χ3v) is 5.04. The number of para-hydroxylation sites is 3. The summed E-state index contributed by atoms with van der Waals surface area (Å²) in [6, 6.07) is 24.6. The first-order valence-corrected chi connectivity index (χ1v) is 9.45. The summed E-state index contributed by atoms with van der Waals surface area (Å²) in [5.41, 5.74) is 5.01. The molecule has 1 aromatic heterocycles. The predicted molar refractivity (Wildman–Crippen MR) is 114 cm³/mol. The summed E-state index contributed by atoms with van der Waals surface area (Å²) in [7, 11) is 2.03. The number of imidazole rings is 1. The second-order valence-corrected chi connectivity index (χ2v) is 6.88. The van der Waals surface area contributed by atoms with Gasteiger partial charge in [0.2, 0.25) is 0 Å². The van der Waals surface area contributed by atoms with Crippen LogP contribution in [0.15, 0.2) is 72.8 Å². The molecule has 5 nitrogen and oxygen atoms in total. The number of carbonyl (C=O) groups is 1. The van der Waals surface area contributed by atoms with Gasteiger partial charge < -0.3 is 9.88 Å². The minimum Gasteiger partial charge on any atom is -0.331 e. The lowest BCUT2D eigenvalue weighted by molar-refractivity contribution is 0.102. The van der Waals surface area contributed by atoms with E-state index in [1.54, 1.807) is 24.3 Å². The highest BCUT2D eigenvalue weighted by Gasteiger charge is 2.11. The molecule has 0 saturated carbocycles. The topological polar surface area (TPSA) is 70.7 Å². The van der Waals surface area contributed by atoms with Gasteiger partial charge in [0.1, 0.15) is 5.82 Å². The first-order chi connectivity index (χ1) is 14.2. The number of hydrogen-bond donors (Lipinski definition) is 1. The Hall–Kier alpha value is -3.91. The standard InChI is InChI=1S/C24H20N4O/c1-28-22-9-5-4-8-21(22)26-23(28)15-14-18-6-2-3-7-20(18)27-24(29)19-12-10-17(16-25)11-13-19/h2-13H,14-15H2,1H3,(H,27,29). The third-order valence-electron chi connectivity index (χ3n) is 5.04. The van der Waals surface area contributed by atoms with E-state index in [-0.39, 0.29) is 5.91 Å². The quantitative estimate of drug-likeness (QED) is 0.555. The normalized spacial score (nSPS) is 10.6. The molecule has 5 heteroatoms. The zero-order valence-electron chi connectivity index (χ0n) is 16.1. The second-order valence-electron chi connectivity index (χ2n) is 6.88. The van der Waals surface area contributed by atoms with Crippen molar-refractivity contribution in [1.29, 1.82) is 5.26 Å². The zero-order chi connectivity index (χ0) is 20.2. The molecule has 0 aliphatic heterocycles. The molecule has 0 aliphatic carbocycles. The number of fused-ring (bicyclic) bond motifs is 1. The van der Waals surface area contributed by atoms with Crippen molar-refractivity contribution in [1.82, 2.24) is 9.55 Å². The van der Waals surface area contributed by atoms with Crippen molar-refractivity contribution < 1.29 is 4.79 Å². The maximum atomic E-state index is 12.6. The van der Waals surface area contributed by atoms with Crippen LogP contribution in [0.1, 0.15) is 27.3 Å². The van der Waals surface area contributed by atoms with E-state index in [0.29, 0.717) is 11.1 Å². The predicted octanol–water partition coefficient (Wildman–Crippen LogP) is 4.48. The van der Waals surface area contributed by atoms with Gasteiger partial charge in [-0.05, 0) is 54.4 Å². The van der Waals surface area contributed by atoms with Crippen LogP contribution >= 0.6 is 0 Å². The van der Waals surface area contributed by atoms with Crippen molar-refractivity contribution in [3.8, 4) is 6.07 Å². The maximum absolute atomic E-state index is 12.6. The number of nitriles is 1. The molecule has 29 heavy (non-hydrogen) atoms. The van der Waals surface area contributed by atoms with E-state index < -0.39 is 0 Å². The molecule has 1 heterocycles. The van der Waals surface area contributed by atoms with Crippen LogP contribution in [0, 0.1) is 11.3 Å². The number of amides is 1. The maximum Gasteiger partial charge on any atom is 0.255 e. The number of carbonyl (C=O) groups excluding carboxylic acids is 1. The fourth-order valence-electron chi connectivity index (χ4n) is 3.42. The Bertz CT molecular complexity index is 1220. The van der Waals surface area contributed by atoms with Crippen LogP contribution in [-0.2, 0) is 19.9 Å². The van der Waals surface area contributed by atoms with Gasteiger partial charge in [0.05, 0.1) is 22.7 Å². The molecule has 0 bridgehead atoms. The molecule has 0 spiro atoms. The van der Waals surface area contributed by atoms with E-state index >= 15 is 0 Å². The van der Waals surface area contributed by atoms with Crippen LogP contribution in [-0.4, -0.2) is 15.5 Å². The van der Waals surface area contributed by atoms with E-state index in [1.165, 1.54) is 0 Å². The minimum absolute atomic E-state index is 0.190.